The maximum Gasteiger partial charge on any atom is 0.419 e. The Balaban J connectivity index is 2.24. The zero-order valence-corrected chi connectivity index (χ0v) is 15.6. The summed E-state index contributed by atoms with van der Waals surface area (Å²) < 4.78 is 71.5. The van der Waals surface area contributed by atoms with E-state index in [9.17, 15) is 31.5 Å². The fourth-order valence-electron chi connectivity index (χ4n) is 2.24. The summed E-state index contributed by atoms with van der Waals surface area (Å²) in [6, 6.07) is 5.28. The predicted octanol–water partition coefficient (Wildman–Crippen LogP) is 5.58. The lowest BCUT2D eigenvalue weighted by Gasteiger charge is -2.20. The third-order valence-electron chi connectivity index (χ3n) is 3.41. The Labute approximate surface area is 162 Å². The molecule has 0 atom stereocenters. The molecular weight excluding hydrogens is 399 g/mol. The molecule has 10 heteroatoms. The zero-order chi connectivity index (χ0) is 22.0. The average Bonchev–Trinajstić information content (AvgIpc) is 2.55. The molecule has 156 valence electrons. The third-order valence-corrected chi connectivity index (χ3v) is 3.41. The first-order chi connectivity index (χ1) is 13.3. The zero-order valence-electron chi connectivity index (χ0n) is 15.6. The maximum absolute atomic E-state index is 14.1. The number of amides is 2. The number of carbonyl (C=O) groups excluding carboxylic acids is 2. The van der Waals surface area contributed by atoms with Gasteiger partial charge in [-0.3, -0.25) is 10.1 Å². The topological polar surface area (TPSA) is 67.4 Å². The molecule has 0 spiro atoms. The highest BCUT2D eigenvalue weighted by Gasteiger charge is 2.35. The van der Waals surface area contributed by atoms with Gasteiger partial charge in [-0.25, -0.2) is 13.6 Å². The van der Waals surface area contributed by atoms with Crippen molar-refractivity contribution in [1.82, 2.24) is 0 Å². The van der Waals surface area contributed by atoms with Gasteiger partial charge in [0.05, 0.1) is 16.8 Å². The van der Waals surface area contributed by atoms with Crippen molar-refractivity contribution in [3.63, 3.8) is 0 Å². The van der Waals surface area contributed by atoms with E-state index in [4.69, 9.17) is 4.74 Å². The van der Waals surface area contributed by atoms with Crippen molar-refractivity contribution in [3.05, 3.63) is 59.2 Å². The van der Waals surface area contributed by atoms with Crippen molar-refractivity contribution in [2.75, 3.05) is 10.6 Å². The lowest BCUT2D eigenvalue weighted by atomic mass is 10.1. The van der Waals surface area contributed by atoms with E-state index in [1.807, 2.05) is 5.32 Å². The van der Waals surface area contributed by atoms with E-state index in [0.29, 0.717) is 6.07 Å². The summed E-state index contributed by atoms with van der Waals surface area (Å²) in [6.45, 7) is 4.89. The number of rotatable bonds is 3. The monoisotopic (exact) mass is 416 g/mol. The van der Waals surface area contributed by atoms with Crippen molar-refractivity contribution in [3.8, 4) is 0 Å². The number of alkyl halides is 3. The lowest BCUT2D eigenvalue weighted by molar-refractivity contribution is -0.140. The first kappa shape index (κ1) is 22.1. The third kappa shape index (κ3) is 5.90. The fraction of sp³-hybridized carbons (Fsp3) is 0.263. The first-order valence-corrected chi connectivity index (χ1v) is 8.24. The lowest BCUT2D eigenvalue weighted by Crippen LogP contribution is -2.27. The number of nitrogens with one attached hydrogen (secondary N) is 2. The van der Waals surface area contributed by atoms with E-state index < -0.39 is 52.2 Å². The molecule has 0 bridgehead atoms. The molecule has 0 radical (unpaired) electrons. The van der Waals surface area contributed by atoms with E-state index in [-0.39, 0.29) is 5.69 Å². The van der Waals surface area contributed by atoms with Crippen LogP contribution in [0.4, 0.5) is 38.1 Å². The van der Waals surface area contributed by atoms with Gasteiger partial charge >= 0.3 is 12.3 Å². The molecule has 29 heavy (non-hydrogen) atoms. The van der Waals surface area contributed by atoms with Crippen molar-refractivity contribution in [1.29, 1.82) is 0 Å². The van der Waals surface area contributed by atoms with Crippen LogP contribution >= 0.6 is 0 Å². The molecule has 0 aliphatic heterocycles. The smallest absolute Gasteiger partial charge is 0.419 e. The van der Waals surface area contributed by atoms with Gasteiger partial charge in [-0.1, -0.05) is 6.07 Å². The van der Waals surface area contributed by atoms with Gasteiger partial charge in [-0.15, -0.1) is 0 Å². The number of ether oxygens (including phenoxy) is 1. The van der Waals surface area contributed by atoms with Gasteiger partial charge in [0, 0.05) is 5.69 Å². The van der Waals surface area contributed by atoms with Crippen LogP contribution in [0.3, 0.4) is 0 Å². The van der Waals surface area contributed by atoms with Gasteiger partial charge in [-0.05, 0) is 51.1 Å². The fourth-order valence-corrected chi connectivity index (χ4v) is 2.24. The van der Waals surface area contributed by atoms with Gasteiger partial charge in [0.2, 0.25) is 0 Å². The van der Waals surface area contributed by atoms with Crippen molar-refractivity contribution in [2.24, 2.45) is 0 Å². The molecule has 2 amide bonds. The molecular formula is C19H17F5N2O3. The van der Waals surface area contributed by atoms with Gasteiger partial charge in [0.25, 0.3) is 5.91 Å². The Morgan fingerprint density at radius 1 is 0.966 bits per heavy atom. The van der Waals surface area contributed by atoms with Crippen LogP contribution in [-0.4, -0.2) is 17.6 Å². The number of anilines is 2. The first-order valence-electron chi connectivity index (χ1n) is 8.24. The molecule has 0 aliphatic rings. The molecule has 0 aliphatic carbocycles. The molecule has 0 saturated heterocycles. The van der Waals surface area contributed by atoms with Crippen LogP contribution in [0.5, 0.6) is 0 Å². The Morgan fingerprint density at radius 2 is 1.62 bits per heavy atom. The predicted molar refractivity (Wildman–Crippen MR) is 95.6 cm³/mol. The van der Waals surface area contributed by atoms with Crippen LogP contribution in [0.15, 0.2) is 36.4 Å². The largest absolute Gasteiger partial charge is 0.444 e. The minimum atomic E-state index is -5.00. The Kier molecular flexibility index (Phi) is 6.15. The van der Waals surface area contributed by atoms with Crippen molar-refractivity contribution >= 4 is 23.4 Å². The van der Waals surface area contributed by atoms with Crippen LogP contribution in [0.25, 0.3) is 0 Å². The molecule has 0 fully saturated rings. The molecule has 5 nitrogen and oxygen atoms in total. The second kappa shape index (κ2) is 8.06. The summed E-state index contributed by atoms with van der Waals surface area (Å²) in [5, 5.41) is 4.31. The minimum Gasteiger partial charge on any atom is -0.444 e. The van der Waals surface area contributed by atoms with E-state index in [0.717, 1.165) is 24.3 Å². The number of carbonyl (C=O) groups is 2. The SMILES string of the molecule is CC(C)(C)OC(=O)Nc1ccc(F)c(NC(=O)c2cccc(C(F)(F)F)c2F)c1. The Bertz CT molecular complexity index is 936. The summed E-state index contributed by atoms with van der Waals surface area (Å²) >= 11 is 0. The molecule has 2 aromatic rings. The molecule has 0 unspecified atom stereocenters. The van der Waals surface area contributed by atoms with E-state index in [1.165, 1.54) is 6.07 Å². The van der Waals surface area contributed by atoms with Gasteiger partial charge in [-0.2, -0.15) is 13.2 Å². The van der Waals surface area contributed by atoms with Gasteiger partial charge in [0.1, 0.15) is 17.2 Å². The summed E-state index contributed by atoms with van der Waals surface area (Å²) in [6.07, 6.45) is -5.84. The van der Waals surface area contributed by atoms with Crippen LogP contribution in [0.1, 0.15) is 36.7 Å². The van der Waals surface area contributed by atoms with E-state index in [2.05, 4.69) is 5.32 Å². The highest BCUT2D eigenvalue weighted by Crippen LogP contribution is 2.32. The summed E-state index contributed by atoms with van der Waals surface area (Å²) in [4.78, 5) is 24.0. The maximum atomic E-state index is 14.1. The summed E-state index contributed by atoms with van der Waals surface area (Å²) in [5.41, 5.74) is -3.75. The summed E-state index contributed by atoms with van der Waals surface area (Å²) in [5.74, 6) is -4.01. The highest BCUT2D eigenvalue weighted by atomic mass is 19.4. The van der Waals surface area contributed by atoms with Crippen molar-refractivity contribution < 1.29 is 36.3 Å². The highest BCUT2D eigenvalue weighted by molar-refractivity contribution is 6.05. The molecule has 0 aromatic heterocycles. The second-order valence-electron chi connectivity index (χ2n) is 6.94. The van der Waals surface area contributed by atoms with Crippen LogP contribution in [0, 0.1) is 11.6 Å². The van der Waals surface area contributed by atoms with Gasteiger partial charge < -0.3 is 10.1 Å². The minimum absolute atomic E-state index is 0.0421. The quantitative estimate of drug-likeness (QED) is 0.642. The van der Waals surface area contributed by atoms with E-state index in [1.54, 1.807) is 20.8 Å². The second-order valence-corrected chi connectivity index (χ2v) is 6.94. The molecule has 2 N–H and O–H groups in total. The van der Waals surface area contributed by atoms with Crippen LogP contribution < -0.4 is 10.6 Å². The number of benzene rings is 2. The molecule has 0 heterocycles. The van der Waals surface area contributed by atoms with Gasteiger partial charge in [0.15, 0.2) is 0 Å². The average molecular weight is 416 g/mol. The van der Waals surface area contributed by atoms with Crippen molar-refractivity contribution in [2.45, 2.75) is 32.5 Å². The Morgan fingerprint density at radius 3 is 2.21 bits per heavy atom. The number of hydrogen-bond acceptors (Lipinski definition) is 3. The molecule has 2 rings (SSSR count). The molecule has 2 aromatic carbocycles. The van der Waals surface area contributed by atoms with E-state index >= 15 is 0 Å². The van der Waals surface area contributed by atoms with Crippen LogP contribution in [-0.2, 0) is 10.9 Å². The number of halogens is 5. The number of hydrogen-bond donors (Lipinski definition) is 2. The standard InChI is InChI=1S/C19H17F5N2O3/c1-18(2,3)29-17(28)25-10-7-8-13(20)14(9-10)26-16(27)11-5-4-6-12(15(11)21)19(22,23)24/h4-9H,1-3H3,(H,25,28)(H,26,27). The normalized spacial score (nSPS) is 11.7. The molecule has 0 saturated carbocycles. The summed E-state index contributed by atoms with van der Waals surface area (Å²) in [7, 11) is 0. The van der Waals surface area contributed by atoms with Crippen LogP contribution in [0.2, 0.25) is 0 Å². The Hall–Kier alpha value is -3.17.